The summed E-state index contributed by atoms with van der Waals surface area (Å²) in [5.41, 5.74) is 8.39. The van der Waals surface area contributed by atoms with Crippen molar-refractivity contribution in [3.8, 4) is 0 Å². The summed E-state index contributed by atoms with van der Waals surface area (Å²) >= 11 is 1.40. The Morgan fingerprint density at radius 2 is 2.11 bits per heavy atom. The van der Waals surface area contributed by atoms with Gasteiger partial charge in [0.2, 0.25) is 0 Å². The number of amides is 2. The lowest BCUT2D eigenvalue weighted by Crippen LogP contribution is -2.30. The Morgan fingerprint density at radius 1 is 1.32 bits per heavy atom. The van der Waals surface area contributed by atoms with Gasteiger partial charge < -0.3 is 15.6 Å². The number of hydrogen-bond donors (Lipinski definition) is 2. The number of fused-ring (bicyclic) bond motifs is 1. The first-order valence-corrected chi connectivity index (χ1v) is 9.78. The smallest absolute Gasteiger partial charge is 0.278 e. The molecule has 1 aromatic carbocycles. The summed E-state index contributed by atoms with van der Waals surface area (Å²) in [5.74, 6) is -0.401. The standard InChI is InChI=1S/C20H20N4O3S/c1-12-9-15(23-27-12)19(26)22-20-17(18(21)25)14-7-8-24(11-16(14)28-20)10-13-5-3-2-4-6-13/h2-6,9H,7-8,10-11H2,1H3,(H2,21,25)(H,22,26). The van der Waals surface area contributed by atoms with Crippen LogP contribution in [0.5, 0.6) is 0 Å². The number of carbonyl (C=O) groups excluding carboxylic acids is 2. The van der Waals surface area contributed by atoms with Crippen molar-refractivity contribution in [1.82, 2.24) is 10.1 Å². The molecule has 0 spiro atoms. The van der Waals surface area contributed by atoms with Gasteiger partial charge in [-0.25, -0.2) is 0 Å². The number of aryl methyl sites for hydroxylation is 1. The van der Waals surface area contributed by atoms with Crippen LogP contribution in [0.3, 0.4) is 0 Å². The average Bonchev–Trinajstić information content (AvgIpc) is 3.25. The molecular formula is C20H20N4O3S. The van der Waals surface area contributed by atoms with Crippen LogP contribution in [0, 0.1) is 6.92 Å². The molecule has 0 saturated carbocycles. The summed E-state index contributed by atoms with van der Waals surface area (Å²) in [5, 5.41) is 6.98. The fourth-order valence-electron chi connectivity index (χ4n) is 3.42. The molecule has 0 unspecified atom stereocenters. The van der Waals surface area contributed by atoms with Gasteiger partial charge in [-0.1, -0.05) is 35.5 Å². The van der Waals surface area contributed by atoms with Crippen LogP contribution < -0.4 is 11.1 Å². The number of nitrogens with two attached hydrogens (primary N) is 1. The predicted octanol–water partition coefficient (Wildman–Crippen LogP) is 2.95. The number of benzene rings is 1. The van der Waals surface area contributed by atoms with Gasteiger partial charge in [0, 0.05) is 30.6 Å². The monoisotopic (exact) mass is 396 g/mol. The number of nitrogens with zero attached hydrogens (tertiary/aromatic N) is 2. The molecule has 0 atom stereocenters. The normalized spacial score (nSPS) is 13.9. The van der Waals surface area contributed by atoms with E-state index < -0.39 is 11.8 Å². The van der Waals surface area contributed by atoms with E-state index in [2.05, 4.69) is 27.5 Å². The Kier molecular flexibility index (Phi) is 4.97. The maximum Gasteiger partial charge on any atom is 0.278 e. The number of carbonyl (C=O) groups is 2. The molecule has 3 heterocycles. The quantitative estimate of drug-likeness (QED) is 0.690. The Balaban J connectivity index is 1.56. The number of thiophene rings is 1. The molecule has 0 aliphatic carbocycles. The first-order chi connectivity index (χ1) is 13.5. The van der Waals surface area contributed by atoms with E-state index >= 15 is 0 Å². The minimum atomic E-state index is -0.527. The van der Waals surface area contributed by atoms with Crippen LogP contribution in [0.2, 0.25) is 0 Å². The SMILES string of the molecule is Cc1cc(C(=O)Nc2sc3c(c2C(N)=O)CCN(Cc2ccccc2)C3)no1. The van der Waals surface area contributed by atoms with E-state index in [-0.39, 0.29) is 5.69 Å². The largest absolute Gasteiger partial charge is 0.365 e. The Labute approximate surface area is 166 Å². The molecule has 28 heavy (non-hydrogen) atoms. The highest BCUT2D eigenvalue weighted by atomic mass is 32.1. The van der Waals surface area contributed by atoms with Crippen molar-refractivity contribution in [3.63, 3.8) is 0 Å². The topological polar surface area (TPSA) is 101 Å². The number of anilines is 1. The zero-order chi connectivity index (χ0) is 19.7. The first kappa shape index (κ1) is 18.4. The van der Waals surface area contributed by atoms with Gasteiger partial charge in [-0.05, 0) is 24.5 Å². The van der Waals surface area contributed by atoms with Gasteiger partial charge in [0.25, 0.3) is 11.8 Å². The minimum absolute atomic E-state index is 0.171. The van der Waals surface area contributed by atoms with E-state index in [9.17, 15) is 9.59 Å². The lowest BCUT2D eigenvalue weighted by Gasteiger charge is -2.27. The van der Waals surface area contributed by atoms with Gasteiger partial charge in [0.1, 0.15) is 10.8 Å². The van der Waals surface area contributed by atoms with Crippen LogP contribution in [0.1, 0.15) is 42.6 Å². The van der Waals surface area contributed by atoms with E-state index in [0.29, 0.717) is 22.9 Å². The maximum absolute atomic E-state index is 12.4. The van der Waals surface area contributed by atoms with Crippen LogP contribution in [-0.4, -0.2) is 28.4 Å². The van der Waals surface area contributed by atoms with Crippen LogP contribution in [-0.2, 0) is 19.5 Å². The highest BCUT2D eigenvalue weighted by Gasteiger charge is 2.28. The molecule has 1 aliphatic rings. The van der Waals surface area contributed by atoms with E-state index in [1.807, 2.05) is 18.2 Å². The predicted molar refractivity (Wildman–Crippen MR) is 106 cm³/mol. The molecule has 8 heteroatoms. The second kappa shape index (κ2) is 7.57. The molecule has 3 aromatic rings. The van der Waals surface area contributed by atoms with Crippen molar-refractivity contribution >= 4 is 28.2 Å². The summed E-state index contributed by atoms with van der Waals surface area (Å²) in [6.45, 7) is 4.09. The van der Waals surface area contributed by atoms with E-state index in [1.165, 1.54) is 16.9 Å². The zero-order valence-electron chi connectivity index (χ0n) is 15.4. The average molecular weight is 396 g/mol. The Bertz CT molecular complexity index is 1030. The van der Waals surface area contributed by atoms with Crippen LogP contribution in [0.15, 0.2) is 40.9 Å². The molecule has 4 rings (SSSR count). The second-order valence-electron chi connectivity index (χ2n) is 6.80. The summed E-state index contributed by atoms with van der Waals surface area (Å²) in [6, 6.07) is 11.8. The van der Waals surface area contributed by atoms with Crippen molar-refractivity contribution in [3.05, 3.63) is 69.4 Å². The molecule has 0 saturated heterocycles. The summed E-state index contributed by atoms with van der Waals surface area (Å²) in [6.07, 6.45) is 0.718. The number of aromatic nitrogens is 1. The lowest BCUT2D eigenvalue weighted by atomic mass is 10.0. The van der Waals surface area contributed by atoms with E-state index in [1.54, 1.807) is 13.0 Å². The third kappa shape index (κ3) is 3.69. The molecular weight excluding hydrogens is 376 g/mol. The number of rotatable bonds is 5. The van der Waals surface area contributed by atoms with Gasteiger partial charge in [-0.15, -0.1) is 11.3 Å². The Morgan fingerprint density at radius 3 is 2.79 bits per heavy atom. The van der Waals surface area contributed by atoms with Crippen molar-refractivity contribution in [2.45, 2.75) is 26.4 Å². The molecule has 2 aromatic heterocycles. The highest BCUT2D eigenvalue weighted by Crippen LogP contribution is 2.37. The summed E-state index contributed by atoms with van der Waals surface area (Å²) in [7, 11) is 0. The maximum atomic E-state index is 12.4. The van der Waals surface area contributed by atoms with Gasteiger partial charge in [0.05, 0.1) is 5.56 Å². The molecule has 2 amide bonds. The molecule has 1 aliphatic heterocycles. The van der Waals surface area contributed by atoms with E-state index in [0.717, 1.165) is 30.0 Å². The van der Waals surface area contributed by atoms with Gasteiger partial charge in [-0.3, -0.25) is 14.5 Å². The number of hydrogen-bond acceptors (Lipinski definition) is 6. The molecule has 0 bridgehead atoms. The van der Waals surface area contributed by atoms with Gasteiger partial charge in [-0.2, -0.15) is 0 Å². The fourth-order valence-corrected chi connectivity index (χ4v) is 4.71. The third-order valence-electron chi connectivity index (χ3n) is 4.72. The van der Waals surface area contributed by atoms with Crippen LogP contribution >= 0.6 is 11.3 Å². The second-order valence-corrected chi connectivity index (χ2v) is 7.90. The van der Waals surface area contributed by atoms with Crippen molar-refractivity contribution < 1.29 is 14.1 Å². The van der Waals surface area contributed by atoms with Crippen molar-refractivity contribution in [2.75, 3.05) is 11.9 Å². The fraction of sp³-hybridized carbons (Fsp3) is 0.250. The molecule has 0 fully saturated rings. The van der Waals surface area contributed by atoms with Crippen LogP contribution in [0.25, 0.3) is 0 Å². The van der Waals surface area contributed by atoms with Crippen LogP contribution in [0.4, 0.5) is 5.00 Å². The van der Waals surface area contributed by atoms with Gasteiger partial charge in [0.15, 0.2) is 5.69 Å². The van der Waals surface area contributed by atoms with Crippen molar-refractivity contribution in [1.29, 1.82) is 0 Å². The molecule has 0 radical (unpaired) electrons. The molecule has 3 N–H and O–H groups in total. The van der Waals surface area contributed by atoms with Gasteiger partial charge >= 0.3 is 0 Å². The highest BCUT2D eigenvalue weighted by molar-refractivity contribution is 7.17. The molecule has 144 valence electrons. The van der Waals surface area contributed by atoms with E-state index in [4.69, 9.17) is 10.3 Å². The summed E-state index contributed by atoms with van der Waals surface area (Å²) < 4.78 is 4.95. The summed E-state index contributed by atoms with van der Waals surface area (Å²) in [4.78, 5) is 27.9. The lowest BCUT2D eigenvalue weighted by molar-refractivity contribution is 0.0999. The number of nitrogens with one attached hydrogen (secondary N) is 1. The minimum Gasteiger partial charge on any atom is -0.365 e. The molecule has 7 nitrogen and oxygen atoms in total. The number of primary amides is 1. The van der Waals surface area contributed by atoms with Crippen molar-refractivity contribution in [2.24, 2.45) is 5.73 Å². The first-order valence-electron chi connectivity index (χ1n) is 8.96. The Hall–Kier alpha value is -2.97. The zero-order valence-corrected chi connectivity index (χ0v) is 16.2. The third-order valence-corrected chi connectivity index (χ3v) is 5.85.